The van der Waals surface area contributed by atoms with Crippen LogP contribution in [0.2, 0.25) is 0 Å². The Labute approximate surface area is 176 Å². The van der Waals surface area contributed by atoms with Crippen LogP contribution in [0.4, 0.5) is 5.13 Å². The molecule has 9 heteroatoms. The van der Waals surface area contributed by atoms with Crippen LogP contribution in [0.1, 0.15) is 46.2 Å². The molecule has 7 nitrogen and oxygen atoms in total. The number of thiazole rings is 1. The van der Waals surface area contributed by atoms with Crippen molar-refractivity contribution in [1.82, 2.24) is 15.6 Å². The Hall–Kier alpha value is -1.97. The van der Waals surface area contributed by atoms with Crippen molar-refractivity contribution in [2.75, 3.05) is 4.72 Å². The number of anilines is 1. The van der Waals surface area contributed by atoms with Crippen molar-refractivity contribution >= 4 is 32.4 Å². The maximum Gasteiger partial charge on any atom is 0.263 e. The quantitative estimate of drug-likeness (QED) is 0.646. The molecule has 158 valence electrons. The van der Waals surface area contributed by atoms with E-state index in [9.17, 15) is 13.2 Å². The van der Waals surface area contributed by atoms with E-state index in [1.54, 1.807) is 23.6 Å². The zero-order valence-corrected chi connectivity index (χ0v) is 18.8. The predicted molar refractivity (Wildman–Crippen MR) is 116 cm³/mol. The lowest BCUT2D eigenvalue weighted by atomic mass is 9.79. The summed E-state index contributed by atoms with van der Waals surface area (Å²) in [6.45, 7) is 8.55. The third kappa shape index (κ3) is 6.01. The Kier molecular flexibility index (Phi) is 6.03. The standard InChI is InChI=1S/C20H28N4O3S2/c1-19(2)11-15(12-20(3,4)24-19)21-17(25)10-14-13-28-18(22-14)23-29(26,27)16-8-6-5-7-9-16/h5-9,13,15,24H,10-12H2,1-4H3,(H,21,25)(H,22,23). The van der Waals surface area contributed by atoms with Gasteiger partial charge in [0.05, 0.1) is 17.0 Å². The van der Waals surface area contributed by atoms with E-state index in [4.69, 9.17) is 0 Å². The molecule has 0 aliphatic carbocycles. The normalized spacial score (nSPS) is 18.9. The first-order valence-electron chi connectivity index (χ1n) is 9.55. The van der Waals surface area contributed by atoms with Gasteiger partial charge in [0.2, 0.25) is 5.91 Å². The van der Waals surface area contributed by atoms with Crippen LogP contribution >= 0.6 is 11.3 Å². The van der Waals surface area contributed by atoms with E-state index >= 15 is 0 Å². The lowest BCUT2D eigenvalue weighted by molar-refractivity contribution is -0.121. The summed E-state index contributed by atoms with van der Waals surface area (Å²) in [6, 6.07) is 8.21. The number of hydrogen-bond donors (Lipinski definition) is 3. The summed E-state index contributed by atoms with van der Waals surface area (Å²) in [5.74, 6) is -0.105. The van der Waals surface area contributed by atoms with Gasteiger partial charge in [0.25, 0.3) is 10.0 Å². The van der Waals surface area contributed by atoms with Gasteiger partial charge in [-0.1, -0.05) is 18.2 Å². The van der Waals surface area contributed by atoms with Gasteiger partial charge in [0, 0.05) is 22.5 Å². The van der Waals surface area contributed by atoms with Gasteiger partial charge in [0.15, 0.2) is 5.13 Å². The average molecular weight is 437 g/mol. The molecule has 1 aromatic heterocycles. The van der Waals surface area contributed by atoms with Crippen molar-refractivity contribution in [2.24, 2.45) is 0 Å². The van der Waals surface area contributed by atoms with Crippen LogP contribution in [0.5, 0.6) is 0 Å². The first-order chi connectivity index (χ1) is 13.4. The van der Waals surface area contributed by atoms with Crippen molar-refractivity contribution in [1.29, 1.82) is 0 Å². The molecule has 29 heavy (non-hydrogen) atoms. The highest BCUT2D eigenvalue weighted by atomic mass is 32.2. The number of rotatable bonds is 6. The number of nitrogens with zero attached hydrogens (tertiary/aromatic N) is 1. The molecule has 1 amide bonds. The van der Waals surface area contributed by atoms with Crippen molar-refractivity contribution in [3.63, 3.8) is 0 Å². The van der Waals surface area contributed by atoms with Gasteiger partial charge in [-0.05, 0) is 52.7 Å². The Morgan fingerprint density at radius 1 is 1.17 bits per heavy atom. The molecule has 0 spiro atoms. The number of hydrogen-bond acceptors (Lipinski definition) is 6. The highest BCUT2D eigenvalue weighted by molar-refractivity contribution is 7.93. The Bertz CT molecular complexity index is 953. The van der Waals surface area contributed by atoms with Crippen LogP contribution in [-0.4, -0.2) is 36.4 Å². The fourth-order valence-corrected chi connectivity index (χ4v) is 6.06. The van der Waals surface area contributed by atoms with Gasteiger partial charge in [-0.3, -0.25) is 9.52 Å². The summed E-state index contributed by atoms with van der Waals surface area (Å²) in [7, 11) is -3.69. The van der Waals surface area contributed by atoms with Crippen molar-refractivity contribution in [3.05, 3.63) is 41.4 Å². The number of carbonyl (C=O) groups excluding carboxylic acids is 1. The van der Waals surface area contributed by atoms with E-state index in [0.29, 0.717) is 5.69 Å². The molecule has 2 heterocycles. The molecule has 1 aromatic carbocycles. The highest BCUT2D eigenvalue weighted by Gasteiger charge is 2.38. The molecule has 1 fully saturated rings. The summed E-state index contributed by atoms with van der Waals surface area (Å²) in [4.78, 5) is 17.0. The largest absolute Gasteiger partial charge is 0.353 e. The number of benzene rings is 1. The second kappa shape index (κ2) is 8.04. The second-order valence-electron chi connectivity index (χ2n) is 8.80. The molecule has 1 aliphatic heterocycles. The van der Waals surface area contributed by atoms with E-state index < -0.39 is 10.0 Å². The number of nitrogens with one attached hydrogen (secondary N) is 3. The van der Waals surface area contributed by atoms with Crippen molar-refractivity contribution < 1.29 is 13.2 Å². The first-order valence-corrected chi connectivity index (χ1v) is 11.9. The minimum Gasteiger partial charge on any atom is -0.353 e. The summed E-state index contributed by atoms with van der Waals surface area (Å²) in [5, 5.41) is 8.66. The fourth-order valence-electron chi connectivity index (χ4n) is 4.08. The van der Waals surface area contributed by atoms with Gasteiger partial charge in [-0.25, -0.2) is 13.4 Å². The molecule has 1 aliphatic rings. The third-order valence-corrected chi connectivity index (χ3v) is 7.01. The third-order valence-electron chi connectivity index (χ3n) is 4.72. The molecule has 0 bridgehead atoms. The fraction of sp³-hybridized carbons (Fsp3) is 0.500. The molecule has 3 N–H and O–H groups in total. The topological polar surface area (TPSA) is 100 Å². The van der Waals surface area contributed by atoms with Gasteiger partial charge < -0.3 is 10.6 Å². The number of aromatic nitrogens is 1. The lowest BCUT2D eigenvalue weighted by Crippen LogP contribution is -2.62. The smallest absolute Gasteiger partial charge is 0.263 e. The number of sulfonamides is 1. The molecule has 0 atom stereocenters. The Morgan fingerprint density at radius 3 is 2.41 bits per heavy atom. The van der Waals surface area contributed by atoms with Crippen LogP contribution in [0, 0.1) is 0 Å². The summed E-state index contributed by atoms with van der Waals surface area (Å²) in [5.41, 5.74) is 0.442. The van der Waals surface area contributed by atoms with Crippen LogP contribution in [0.25, 0.3) is 0 Å². The van der Waals surface area contributed by atoms with Crippen LogP contribution in [-0.2, 0) is 21.2 Å². The molecule has 2 aromatic rings. The molecule has 3 rings (SSSR count). The molecular weight excluding hydrogens is 408 g/mol. The van der Waals surface area contributed by atoms with Crippen LogP contribution in [0.3, 0.4) is 0 Å². The molecule has 0 radical (unpaired) electrons. The van der Waals surface area contributed by atoms with E-state index in [0.717, 1.165) is 12.8 Å². The monoisotopic (exact) mass is 436 g/mol. The van der Waals surface area contributed by atoms with Crippen molar-refractivity contribution in [3.8, 4) is 0 Å². The number of amides is 1. The molecule has 1 saturated heterocycles. The maximum atomic E-state index is 12.5. The maximum absolute atomic E-state index is 12.5. The molecule has 0 saturated carbocycles. The van der Waals surface area contributed by atoms with E-state index in [1.807, 2.05) is 0 Å². The van der Waals surface area contributed by atoms with E-state index in [1.165, 1.54) is 23.5 Å². The zero-order valence-electron chi connectivity index (χ0n) is 17.2. The van der Waals surface area contributed by atoms with Crippen molar-refractivity contribution in [2.45, 2.75) is 69.0 Å². The van der Waals surface area contributed by atoms with Gasteiger partial charge in [-0.2, -0.15) is 0 Å². The van der Waals surface area contributed by atoms with Crippen LogP contribution < -0.4 is 15.4 Å². The number of piperidine rings is 1. The SMILES string of the molecule is CC1(C)CC(NC(=O)Cc2csc(NS(=O)(=O)c3ccccc3)n2)CC(C)(C)N1. The Balaban J connectivity index is 1.59. The molecule has 0 unspecified atom stereocenters. The second-order valence-corrected chi connectivity index (χ2v) is 11.3. The molecular formula is C20H28N4O3S2. The summed E-state index contributed by atoms with van der Waals surface area (Å²) >= 11 is 1.17. The van der Waals surface area contributed by atoms with E-state index in [-0.39, 0.29) is 39.5 Å². The zero-order chi connectivity index (χ0) is 21.3. The minimum atomic E-state index is -3.69. The first kappa shape index (κ1) is 21.7. The van der Waals surface area contributed by atoms with E-state index in [2.05, 4.69) is 48.0 Å². The van der Waals surface area contributed by atoms with Gasteiger partial charge >= 0.3 is 0 Å². The van der Waals surface area contributed by atoms with Crippen LogP contribution in [0.15, 0.2) is 40.6 Å². The Morgan fingerprint density at radius 2 is 1.79 bits per heavy atom. The number of carbonyl (C=O) groups is 1. The minimum absolute atomic E-state index is 0.0524. The lowest BCUT2D eigenvalue weighted by Gasteiger charge is -2.46. The predicted octanol–water partition coefficient (Wildman–Crippen LogP) is 2.91. The van der Waals surface area contributed by atoms with Gasteiger partial charge in [-0.15, -0.1) is 11.3 Å². The summed E-state index contributed by atoms with van der Waals surface area (Å²) in [6.07, 6.45) is 1.82. The summed E-state index contributed by atoms with van der Waals surface area (Å²) < 4.78 is 27.2. The van der Waals surface area contributed by atoms with Gasteiger partial charge in [0.1, 0.15) is 0 Å². The highest BCUT2D eigenvalue weighted by Crippen LogP contribution is 2.28. The average Bonchev–Trinajstić information content (AvgIpc) is 2.98.